The van der Waals surface area contributed by atoms with Gasteiger partial charge >= 0.3 is 0 Å². The zero-order valence-corrected chi connectivity index (χ0v) is 8.49. The lowest BCUT2D eigenvalue weighted by atomic mass is 10.1. The summed E-state index contributed by atoms with van der Waals surface area (Å²) in [5, 5.41) is 4.06. The fourth-order valence-corrected chi connectivity index (χ4v) is 1.31. The van der Waals surface area contributed by atoms with Gasteiger partial charge in [0.2, 0.25) is 0 Å². The smallest absolute Gasteiger partial charge is 0.155 e. The van der Waals surface area contributed by atoms with Crippen LogP contribution in [0.4, 0.5) is 0 Å². The van der Waals surface area contributed by atoms with E-state index in [4.69, 9.17) is 0 Å². The SMILES string of the molecule is CC(C)(S)c1ccc2ncnn2c1. The third-order valence-electron chi connectivity index (χ3n) is 1.98. The van der Waals surface area contributed by atoms with Crippen LogP contribution in [0.15, 0.2) is 24.7 Å². The topological polar surface area (TPSA) is 30.2 Å². The average molecular weight is 193 g/mol. The van der Waals surface area contributed by atoms with Crippen molar-refractivity contribution in [3.8, 4) is 0 Å². The second-order valence-corrected chi connectivity index (χ2v) is 4.66. The Balaban J connectivity index is 2.61. The molecule has 0 radical (unpaired) electrons. The Morgan fingerprint density at radius 3 is 2.85 bits per heavy atom. The van der Waals surface area contributed by atoms with Gasteiger partial charge in [0.1, 0.15) is 6.33 Å². The Morgan fingerprint density at radius 1 is 1.38 bits per heavy atom. The molecule has 68 valence electrons. The van der Waals surface area contributed by atoms with Gasteiger partial charge in [0.15, 0.2) is 5.65 Å². The summed E-state index contributed by atoms with van der Waals surface area (Å²) in [6.07, 6.45) is 3.50. The maximum atomic E-state index is 4.49. The van der Waals surface area contributed by atoms with E-state index in [1.807, 2.05) is 32.2 Å². The molecule has 0 aliphatic carbocycles. The Bertz CT molecular complexity index is 428. The van der Waals surface area contributed by atoms with E-state index in [2.05, 4.69) is 22.7 Å². The highest BCUT2D eigenvalue weighted by molar-refractivity contribution is 7.81. The summed E-state index contributed by atoms with van der Waals surface area (Å²) in [4.78, 5) is 4.07. The van der Waals surface area contributed by atoms with E-state index in [1.54, 1.807) is 10.8 Å². The van der Waals surface area contributed by atoms with E-state index >= 15 is 0 Å². The third-order valence-corrected chi connectivity index (χ3v) is 2.24. The minimum Gasteiger partial charge on any atom is -0.221 e. The van der Waals surface area contributed by atoms with Gasteiger partial charge in [-0.3, -0.25) is 0 Å². The van der Waals surface area contributed by atoms with Gasteiger partial charge in [-0.1, -0.05) is 6.07 Å². The average Bonchev–Trinajstić information content (AvgIpc) is 2.47. The molecule has 2 heterocycles. The molecule has 0 unspecified atom stereocenters. The molecule has 0 spiro atoms. The van der Waals surface area contributed by atoms with Gasteiger partial charge < -0.3 is 0 Å². The van der Waals surface area contributed by atoms with Crippen molar-refractivity contribution in [1.82, 2.24) is 14.6 Å². The summed E-state index contributed by atoms with van der Waals surface area (Å²) in [5.74, 6) is 0. The summed E-state index contributed by atoms with van der Waals surface area (Å²) in [6, 6.07) is 3.97. The standard InChI is InChI=1S/C9H11N3S/c1-9(2,13)7-3-4-8-10-6-11-12(8)5-7/h3-6,13H,1-2H3. The largest absolute Gasteiger partial charge is 0.221 e. The molecule has 4 heteroatoms. The van der Waals surface area contributed by atoms with Crippen LogP contribution in [0.25, 0.3) is 5.65 Å². The zero-order valence-electron chi connectivity index (χ0n) is 7.60. The van der Waals surface area contributed by atoms with Crippen LogP contribution in [0.5, 0.6) is 0 Å². The van der Waals surface area contributed by atoms with Crippen molar-refractivity contribution in [2.75, 3.05) is 0 Å². The van der Waals surface area contributed by atoms with E-state index in [1.165, 1.54) is 0 Å². The Morgan fingerprint density at radius 2 is 2.15 bits per heavy atom. The lowest BCUT2D eigenvalue weighted by Crippen LogP contribution is -2.08. The molecular formula is C9H11N3S. The Hall–Kier alpha value is -1.03. The van der Waals surface area contributed by atoms with Gasteiger partial charge in [0.05, 0.1) is 0 Å². The van der Waals surface area contributed by atoms with E-state index < -0.39 is 0 Å². The molecule has 0 bridgehead atoms. The maximum Gasteiger partial charge on any atom is 0.155 e. The van der Waals surface area contributed by atoms with E-state index in [0.717, 1.165) is 11.2 Å². The molecule has 2 aromatic heterocycles. The predicted octanol–water partition coefficient (Wildman–Crippen LogP) is 1.89. The van der Waals surface area contributed by atoms with Crippen molar-refractivity contribution < 1.29 is 0 Å². The van der Waals surface area contributed by atoms with Crippen LogP contribution < -0.4 is 0 Å². The summed E-state index contributed by atoms with van der Waals surface area (Å²) in [6.45, 7) is 4.10. The number of hydrogen-bond acceptors (Lipinski definition) is 3. The highest BCUT2D eigenvalue weighted by atomic mass is 32.1. The fourth-order valence-electron chi connectivity index (χ4n) is 1.18. The van der Waals surface area contributed by atoms with Gasteiger partial charge in [-0.05, 0) is 25.5 Å². The van der Waals surface area contributed by atoms with Crippen molar-refractivity contribution in [3.63, 3.8) is 0 Å². The molecule has 0 saturated carbocycles. The Labute approximate surface area is 82.2 Å². The van der Waals surface area contributed by atoms with Gasteiger partial charge in [-0.2, -0.15) is 17.7 Å². The molecule has 0 aromatic carbocycles. The highest BCUT2D eigenvalue weighted by Crippen LogP contribution is 2.26. The van der Waals surface area contributed by atoms with Crippen LogP contribution in [0.2, 0.25) is 0 Å². The first-order chi connectivity index (χ1) is 6.07. The third kappa shape index (κ3) is 1.54. The molecule has 0 aliphatic rings. The van der Waals surface area contributed by atoms with Crippen molar-refractivity contribution in [3.05, 3.63) is 30.2 Å². The summed E-state index contributed by atoms with van der Waals surface area (Å²) >= 11 is 4.49. The van der Waals surface area contributed by atoms with Crippen LogP contribution >= 0.6 is 12.6 Å². The quantitative estimate of drug-likeness (QED) is 0.701. The van der Waals surface area contributed by atoms with Crippen LogP contribution in [-0.2, 0) is 4.75 Å². The minimum atomic E-state index is -0.139. The van der Waals surface area contributed by atoms with Crippen molar-refractivity contribution in [1.29, 1.82) is 0 Å². The molecule has 3 nitrogen and oxygen atoms in total. The molecule has 2 aromatic rings. The van der Waals surface area contributed by atoms with Gasteiger partial charge in [-0.25, -0.2) is 9.50 Å². The second kappa shape index (κ2) is 2.73. The van der Waals surface area contributed by atoms with E-state index in [-0.39, 0.29) is 4.75 Å². The van der Waals surface area contributed by atoms with Crippen molar-refractivity contribution in [2.24, 2.45) is 0 Å². The van der Waals surface area contributed by atoms with Gasteiger partial charge in [0.25, 0.3) is 0 Å². The monoisotopic (exact) mass is 193 g/mol. The molecule has 0 amide bonds. The summed E-state index contributed by atoms with van der Waals surface area (Å²) in [7, 11) is 0. The first-order valence-corrected chi connectivity index (χ1v) is 4.54. The van der Waals surface area contributed by atoms with Crippen molar-refractivity contribution in [2.45, 2.75) is 18.6 Å². The summed E-state index contributed by atoms with van der Waals surface area (Å²) < 4.78 is 1.62. The molecule has 0 fully saturated rings. The van der Waals surface area contributed by atoms with E-state index in [0.29, 0.717) is 0 Å². The number of fused-ring (bicyclic) bond motifs is 1. The number of aromatic nitrogens is 3. The molecule has 13 heavy (non-hydrogen) atoms. The van der Waals surface area contributed by atoms with Crippen LogP contribution in [0.3, 0.4) is 0 Å². The maximum absolute atomic E-state index is 4.49. The zero-order chi connectivity index (χ0) is 9.47. The van der Waals surface area contributed by atoms with Crippen LogP contribution in [0.1, 0.15) is 19.4 Å². The van der Waals surface area contributed by atoms with Crippen LogP contribution in [0, 0.1) is 0 Å². The lowest BCUT2D eigenvalue weighted by Gasteiger charge is -2.17. The number of nitrogens with zero attached hydrogens (tertiary/aromatic N) is 3. The lowest BCUT2D eigenvalue weighted by molar-refractivity contribution is 0.773. The van der Waals surface area contributed by atoms with Gasteiger partial charge in [0, 0.05) is 10.9 Å². The molecule has 0 atom stereocenters. The normalized spacial score (nSPS) is 12.2. The number of hydrogen-bond donors (Lipinski definition) is 1. The molecule has 0 aliphatic heterocycles. The number of rotatable bonds is 1. The Kier molecular flexibility index (Phi) is 1.80. The first kappa shape index (κ1) is 8.56. The second-order valence-electron chi connectivity index (χ2n) is 3.54. The fraction of sp³-hybridized carbons (Fsp3) is 0.333. The highest BCUT2D eigenvalue weighted by Gasteiger charge is 2.15. The molecule has 0 N–H and O–H groups in total. The molecular weight excluding hydrogens is 182 g/mol. The molecule has 0 saturated heterocycles. The summed E-state index contributed by atoms with van der Waals surface area (Å²) in [5.41, 5.74) is 2.00. The first-order valence-electron chi connectivity index (χ1n) is 4.09. The molecule has 2 rings (SSSR count). The van der Waals surface area contributed by atoms with Gasteiger partial charge in [-0.15, -0.1) is 0 Å². The van der Waals surface area contributed by atoms with Crippen LogP contribution in [-0.4, -0.2) is 14.6 Å². The number of thiol groups is 1. The predicted molar refractivity (Wildman–Crippen MR) is 55.0 cm³/mol. The van der Waals surface area contributed by atoms with Crippen molar-refractivity contribution >= 4 is 18.3 Å². The van der Waals surface area contributed by atoms with E-state index in [9.17, 15) is 0 Å². The minimum absolute atomic E-state index is 0.139. The number of pyridine rings is 1.